The van der Waals surface area contributed by atoms with Crippen molar-refractivity contribution >= 4 is 27.5 Å². The fraction of sp³-hybridized carbons (Fsp3) is 0.200. The first-order valence-corrected chi connectivity index (χ1v) is 11.9. The number of anilines is 1. The predicted molar refractivity (Wildman–Crippen MR) is 126 cm³/mol. The summed E-state index contributed by atoms with van der Waals surface area (Å²) >= 11 is 0. The minimum atomic E-state index is -3.61. The molecule has 0 radical (unpaired) electrons. The van der Waals surface area contributed by atoms with Gasteiger partial charge >= 0.3 is 0 Å². The molecule has 0 saturated carbocycles. The number of hydrogen-bond acceptors (Lipinski definition) is 4. The molecular formula is C25H25N3O4S. The second kappa shape index (κ2) is 8.80. The van der Waals surface area contributed by atoms with Gasteiger partial charge in [-0.25, -0.2) is 12.7 Å². The number of amides is 2. The highest BCUT2D eigenvalue weighted by Crippen LogP contribution is 2.37. The Kier molecular flexibility index (Phi) is 6.05. The van der Waals surface area contributed by atoms with Gasteiger partial charge in [0.2, 0.25) is 15.9 Å². The number of benzene rings is 3. The molecule has 2 amide bonds. The summed E-state index contributed by atoms with van der Waals surface area (Å²) < 4.78 is 25.9. The van der Waals surface area contributed by atoms with Crippen molar-refractivity contribution in [1.82, 2.24) is 9.21 Å². The van der Waals surface area contributed by atoms with Gasteiger partial charge in [0, 0.05) is 30.9 Å². The Bertz CT molecular complexity index is 1300. The number of sulfonamides is 1. The molecule has 3 aromatic carbocycles. The van der Waals surface area contributed by atoms with Gasteiger partial charge in [0.1, 0.15) is 6.54 Å². The van der Waals surface area contributed by atoms with Gasteiger partial charge in [-0.2, -0.15) is 0 Å². The van der Waals surface area contributed by atoms with Gasteiger partial charge in [0.15, 0.2) is 0 Å². The lowest BCUT2D eigenvalue weighted by atomic mass is 9.94. The summed E-state index contributed by atoms with van der Waals surface area (Å²) in [6.07, 6.45) is 0. The zero-order valence-corrected chi connectivity index (χ0v) is 19.5. The van der Waals surface area contributed by atoms with E-state index in [0.717, 1.165) is 21.0 Å². The van der Waals surface area contributed by atoms with Crippen LogP contribution >= 0.6 is 0 Å². The molecule has 1 heterocycles. The molecule has 7 nitrogen and oxygen atoms in total. The summed E-state index contributed by atoms with van der Waals surface area (Å²) in [7, 11) is -0.708. The standard InChI is InChI=1S/C25H25N3O4S/c1-17-9-14-22-21(15-17)24(18-7-5-4-6-8-18)28(16-23(29)26-22)25(30)19-10-12-20(13-11-19)33(31,32)27(2)3/h4-15,24H,16H2,1-3H3,(H,26,29)/t24-/m1/s1. The van der Waals surface area contributed by atoms with Crippen LogP contribution in [-0.2, 0) is 14.8 Å². The Morgan fingerprint density at radius 3 is 2.30 bits per heavy atom. The number of fused-ring (bicyclic) bond motifs is 1. The van der Waals surface area contributed by atoms with E-state index in [1.54, 1.807) is 0 Å². The lowest BCUT2D eigenvalue weighted by Gasteiger charge is -2.31. The first-order chi connectivity index (χ1) is 15.7. The van der Waals surface area contributed by atoms with Crippen LogP contribution in [0.25, 0.3) is 0 Å². The van der Waals surface area contributed by atoms with Gasteiger partial charge in [-0.3, -0.25) is 9.59 Å². The number of hydrogen-bond donors (Lipinski definition) is 1. The van der Waals surface area contributed by atoms with Gasteiger partial charge in [-0.15, -0.1) is 0 Å². The minimum Gasteiger partial charge on any atom is -0.324 e. The topological polar surface area (TPSA) is 86.8 Å². The Morgan fingerprint density at radius 1 is 1.00 bits per heavy atom. The highest BCUT2D eigenvalue weighted by molar-refractivity contribution is 7.89. The van der Waals surface area contributed by atoms with E-state index in [9.17, 15) is 18.0 Å². The van der Waals surface area contributed by atoms with Crippen LogP contribution < -0.4 is 5.32 Å². The van der Waals surface area contributed by atoms with E-state index in [1.165, 1.54) is 43.3 Å². The van der Waals surface area contributed by atoms with Crippen molar-refractivity contribution in [2.75, 3.05) is 26.0 Å². The third-order valence-corrected chi connectivity index (χ3v) is 7.49. The monoisotopic (exact) mass is 463 g/mol. The van der Waals surface area contributed by atoms with Crippen LogP contribution in [0.3, 0.4) is 0 Å². The largest absolute Gasteiger partial charge is 0.324 e. The van der Waals surface area contributed by atoms with Crippen LogP contribution in [0.5, 0.6) is 0 Å². The molecule has 0 unspecified atom stereocenters. The maximum absolute atomic E-state index is 13.7. The predicted octanol–water partition coefficient (Wildman–Crippen LogP) is 3.43. The third-order valence-electron chi connectivity index (χ3n) is 5.66. The molecule has 3 aromatic rings. The zero-order valence-electron chi connectivity index (χ0n) is 18.6. The van der Waals surface area contributed by atoms with Gasteiger partial charge in [0.25, 0.3) is 5.91 Å². The van der Waals surface area contributed by atoms with Crippen LogP contribution in [0.4, 0.5) is 5.69 Å². The third kappa shape index (κ3) is 4.40. The molecule has 170 valence electrons. The second-order valence-electron chi connectivity index (χ2n) is 8.20. The van der Waals surface area contributed by atoms with Crippen molar-refractivity contribution in [3.8, 4) is 0 Å². The summed E-state index contributed by atoms with van der Waals surface area (Å²) in [4.78, 5) is 28.0. The van der Waals surface area contributed by atoms with E-state index >= 15 is 0 Å². The Morgan fingerprint density at radius 2 is 1.67 bits per heavy atom. The quantitative estimate of drug-likeness (QED) is 0.642. The van der Waals surface area contributed by atoms with Gasteiger partial charge in [-0.05, 0) is 42.8 Å². The molecule has 1 N–H and O–H groups in total. The van der Waals surface area contributed by atoms with Crippen molar-refractivity contribution in [1.29, 1.82) is 0 Å². The fourth-order valence-corrected chi connectivity index (χ4v) is 4.86. The summed E-state index contributed by atoms with van der Waals surface area (Å²) in [6.45, 7) is 1.83. The van der Waals surface area contributed by atoms with Crippen LogP contribution in [0, 0.1) is 6.92 Å². The first kappa shape index (κ1) is 22.7. The van der Waals surface area contributed by atoms with Crippen molar-refractivity contribution < 1.29 is 18.0 Å². The molecule has 0 aliphatic carbocycles. The normalized spacial score (nSPS) is 16.2. The van der Waals surface area contributed by atoms with E-state index in [1.807, 2.05) is 55.5 Å². The van der Waals surface area contributed by atoms with Gasteiger partial charge in [0.05, 0.1) is 10.9 Å². The SMILES string of the molecule is Cc1ccc2c(c1)[C@@H](c1ccccc1)N(C(=O)c1ccc(S(=O)(=O)N(C)C)cc1)CC(=O)N2. The van der Waals surface area contributed by atoms with Crippen LogP contribution in [0.1, 0.15) is 33.1 Å². The molecule has 1 aliphatic rings. The molecule has 0 spiro atoms. The summed E-state index contributed by atoms with van der Waals surface area (Å²) in [5, 5.41) is 2.91. The molecule has 1 aliphatic heterocycles. The van der Waals surface area contributed by atoms with E-state index in [2.05, 4.69) is 5.32 Å². The van der Waals surface area contributed by atoms with E-state index in [4.69, 9.17) is 0 Å². The lowest BCUT2D eigenvalue weighted by Crippen LogP contribution is -2.39. The molecule has 0 saturated heterocycles. The Hall–Kier alpha value is -3.49. The minimum absolute atomic E-state index is 0.0956. The number of carbonyl (C=O) groups is 2. The Balaban J connectivity index is 1.80. The van der Waals surface area contributed by atoms with Crippen LogP contribution in [-0.4, -0.2) is 50.1 Å². The van der Waals surface area contributed by atoms with Gasteiger partial charge < -0.3 is 10.2 Å². The molecule has 0 fully saturated rings. The molecule has 0 aromatic heterocycles. The molecule has 4 rings (SSSR count). The summed E-state index contributed by atoms with van der Waals surface area (Å²) in [6, 6.07) is 20.6. The van der Waals surface area contributed by atoms with Crippen molar-refractivity contribution in [2.45, 2.75) is 17.9 Å². The highest BCUT2D eigenvalue weighted by atomic mass is 32.2. The lowest BCUT2D eigenvalue weighted by molar-refractivity contribution is -0.117. The number of nitrogens with zero attached hydrogens (tertiary/aromatic N) is 2. The number of nitrogens with one attached hydrogen (secondary N) is 1. The number of carbonyl (C=O) groups excluding carboxylic acids is 2. The molecule has 33 heavy (non-hydrogen) atoms. The highest BCUT2D eigenvalue weighted by Gasteiger charge is 2.34. The average Bonchev–Trinajstić information content (AvgIpc) is 2.94. The maximum Gasteiger partial charge on any atom is 0.255 e. The molecule has 0 bridgehead atoms. The van der Waals surface area contributed by atoms with Crippen LogP contribution in [0.15, 0.2) is 77.7 Å². The van der Waals surface area contributed by atoms with Crippen LogP contribution in [0.2, 0.25) is 0 Å². The molecular weight excluding hydrogens is 438 g/mol. The van der Waals surface area contributed by atoms with Crippen molar-refractivity contribution in [2.24, 2.45) is 0 Å². The number of aryl methyl sites for hydroxylation is 1. The maximum atomic E-state index is 13.7. The smallest absolute Gasteiger partial charge is 0.255 e. The van der Waals surface area contributed by atoms with Crippen molar-refractivity contribution in [3.05, 3.63) is 95.1 Å². The second-order valence-corrected chi connectivity index (χ2v) is 10.3. The number of rotatable bonds is 4. The van der Waals surface area contributed by atoms with E-state index in [-0.39, 0.29) is 23.3 Å². The molecule has 8 heteroatoms. The zero-order chi connectivity index (χ0) is 23.8. The average molecular weight is 464 g/mol. The van der Waals surface area contributed by atoms with E-state index < -0.39 is 16.1 Å². The summed E-state index contributed by atoms with van der Waals surface area (Å²) in [5.41, 5.74) is 3.68. The Labute approximate surface area is 193 Å². The van der Waals surface area contributed by atoms with Crippen molar-refractivity contribution in [3.63, 3.8) is 0 Å². The van der Waals surface area contributed by atoms with E-state index in [0.29, 0.717) is 11.3 Å². The fourth-order valence-electron chi connectivity index (χ4n) is 3.96. The molecule has 1 atom stereocenters. The van der Waals surface area contributed by atoms with Gasteiger partial charge in [-0.1, -0.05) is 48.0 Å². The first-order valence-electron chi connectivity index (χ1n) is 10.5. The summed E-state index contributed by atoms with van der Waals surface area (Å²) in [5.74, 6) is -0.652.